The summed E-state index contributed by atoms with van der Waals surface area (Å²) in [5.41, 5.74) is -0.967. The van der Waals surface area contributed by atoms with Gasteiger partial charge in [-0.15, -0.1) is 0 Å². The average molecular weight is 364 g/mol. The molecule has 0 atom stereocenters. The van der Waals surface area contributed by atoms with Gasteiger partial charge in [-0.25, -0.2) is 0 Å². The van der Waals surface area contributed by atoms with Gasteiger partial charge in [0.15, 0.2) is 0 Å². The maximum Gasteiger partial charge on any atom is 0.234 e. The van der Waals surface area contributed by atoms with Crippen LogP contribution in [-0.2, 0) is 0 Å². The molecule has 0 N–H and O–H groups in total. The molecule has 2 aromatic rings. The largest absolute Gasteiger partial charge is 0.285 e. The van der Waals surface area contributed by atoms with Crippen molar-refractivity contribution in [3.8, 4) is 11.1 Å². The average Bonchev–Trinajstić information content (AvgIpc) is 2.64. The SMILES string of the molecule is CCC.CCC.Cc1cc2c3c(c1)c(=O)c(=O)c1cccc(c1-3)c(=O)c2=O. The zero-order valence-electron chi connectivity index (χ0n) is 16.4. The van der Waals surface area contributed by atoms with Gasteiger partial charge in [-0.3, -0.25) is 19.2 Å². The van der Waals surface area contributed by atoms with Crippen LogP contribution in [0.5, 0.6) is 0 Å². The Morgan fingerprint density at radius 1 is 0.593 bits per heavy atom. The van der Waals surface area contributed by atoms with Gasteiger partial charge in [0.2, 0.25) is 21.7 Å². The molecule has 140 valence electrons. The first-order chi connectivity index (χ1) is 12.8. The molecule has 4 heteroatoms. The van der Waals surface area contributed by atoms with Gasteiger partial charge in [0, 0.05) is 32.7 Å². The van der Waals surface area contributed by atoms with E-state index >= 15 is 0 Å². The lowest BCUT2D eigenvalue weighted by Gasteiger charge is -2.14. The lowest BCUT2D eigenvalue weighted by atomic mass is 9.86. The van der Waals surface area contributed by atoms with E-state index in [1.54, 1.807) is 19.1 Å². The fraction of sp³-hybridized carbons (Fsp3) is 0.304. The zero-order valence-corrected chi connectivity index (χ0v) is 16.4. The molecule has 0 heterocycles. The highest BCUT2D eigenvalue weighted by atomic mass is 16.2. The Kier molecular flexibility index (Phi) is 6.21. The fourth-order valence-electron chi connectivity index (χ4n) is 3.10. The van der Waals surface area contributed by atoms with Crippen LogP contribution in [0.1, 0.15) is 46.1 Å². The van der Waals surface area contributed by atoms with Gasteiger partial charge in [-0.05, 0) is 24.6 Å². The molecular weight excluding hydrogens is 340 g/mol. The van der Waals surface area contributed by atoms with E-state index < -0.39 is 21.7 Å². The van der Waals surface area contributed by atoms with Crippen molar-refractivity contribution in [1.29, 1.82) is 0 Å². The summed E-state index contributed by atoms with van der Waals surface area (Å²) < 4.78 is 0. The highest BCUT2D eigenvalue weighted by molar-refractivity contribution is 6.11. The molecular formula is C23H24O4. The Morgan fingerprint density at radius 3 is 1.26 bits per heavy atom. The van der Waals surface area contributed by atoms with Crippen molar-refractivity contribution in [3.05, 3.63) is 76.8 Å². The van der Waals surface area contributed by atoms with Gasteiger partial charge in [0.05, 0.1) is 0 Å². The Morgan fingerprint density at radius 2 is 0.889 bits per heavy atom. The van der Waals surface area contributed by atoms with Crippen molar-refractivity contribution in [1.82, 2.24) is 0 Å². The van der Waals surface area contributed by atoms with Crippen molar-refractivity contribution in [3.63, 3.8) is 0 Å². The minimum Gasteiger partial charge on any atom is -0.285 e. The second-order valence-electron chi connectivity index (χ2n) is 6.69. The monoisotopic (exact) mass is 364 g/mol. The zero-order chi connectivity index (χ0) is 20.3. The first-order valence-corrected chi connectivity index (χ1v) is 9.29. The number of hydrogen-bond donors (Lipinski definition) is 0. The van der Waals surface area contributed by atoms with Crippen molar-refractivity contribution in [2.45, 2.75) is 47.5 Å². The van der Waals surface area contributed by atoms with Crippen LogP contribution in [0, 0.1) is 6.92 Å². The van der Waals surface area contributed by atoms with Crippen LogP contribution in [0.15, 0.2) is 49.5 Å². The first kappa shape index (κ1) is 20.4. The van der Waals surface area contributed by atoms with E-state index in [9.17, 15) is 19.2 Å². The minimum absolute atomic E-state index is 0.205. The van der Waals surface area contributed by atoms with E-state index in [1.165, 1.54) is 31.0 Å². The van der Waals surface area contributed by atoms with Crippen molar-refractivity contribution in [2.75, 3.05) is 0 Å². The molecule has 27 heavy (non-hydrogen) atoms. The van der Waals surface area contributed by atoms with Gasteiger partial charge in [0.25, 0.3) is 0 Å². The van der Waals surface area contributed by atoms with Crippen LogP contribution in [-0.4, -0.2) is 0 Å². The van der Waals surface area contributed by atoms with E-state index in [-0.39, 0.29) is 21.5 Å². The molecule has 0 spiro atoms. The summed E-state index contributed by atoms with van der Waals surface area (Å²) in [5, 5.41) is 0.846. The molecule has 0 aliphatic heterocycles. The normalized spacial score (nSPS) is 10.6. The van der Waals surface area contributed by atoms with Crippen molar-refractivity contribution in [2.24, 2.45) is 0 Å². The van der Waals surface area contributed by atoms with Gasteiger partial charge in [0.1, 0.15) is 0 Å². The van der Waals surface area contributed by atoms with E-state index in [0.717, 1.165) is 0 Å². The second kappa shape index (κ2) is 8.21. The summed E-state index contributed by atoms with van der Waals surface area (Å²) >= 11 is 0. The summed E-state index contributed by atoms with van der Waals surface area (Å²) in [6.45, 7) is 10.2. The van der Waals surface area contributed by atoms with Crippen LogP contribution in [0.25, 0.3) is 32.7 Å². The predicted octanol–water partition coefficient (Wildman–Crippen LogP) is 3.99. The molecule has 0 fully saturated rings. The summed E-state index contributed by atoms with van der Waals surface area (Å²) in [5.74, 6) is 0. The Bertz CT molecular complexity index is 1150. The molecule has 0 bridgehead atoms. The van der Waals surface area contributed by atoms with Gasteiger partial charge in [-0.2, -0.15) is 0 Å². The van der Waals surface area contributed by atoms with Crippen LogP contribution in [0.4, 0.5) is 0 Å². The van der Waals surface area contributed by atoms with E-state index in [2.05, 4.69) is 27.7 Å². The summed E-state index contributed by atoms with van der Waals surface area (Å²) in [7, 11) is 0. The van der Waals surface area contributed by atoms with Gasteiger partial charge < -0.3 is 0 Å². The van der Waals surface area contributed by atoms with Crippen LogP contribution >= 0.6 is 0 Å². The Balaban J connectivity index is 0.000000389. The molecule has 4 rings (SSSR count). The van der Waals surface area contributed by atoms with Gasteiger partial charge in [-0.1, -0.05) is 58.7 Å². The van der Waals surface area contributed by atoms with E-state index in [1.807, 2.05) is 0 Å². The van der Waals surface area contributed by atoms with E-state index in [4.69, 9.17) is 0 Å². The second-order valence-corrected chi connectivity index (χ2v) is 6.69. The van der Waals surface area contributed by atoms with Crippen molar-refractivity contribution < 1.29 is 0 Å². The third-order valence-corrected chi connectivity index (χ3v) is 3.99. The number of aryl methyl sites for hydroxylation is 1. The third kappa shape index (κ3) is 3.39. The Labute approximate surface area is 157 Å². The number of hydrogen-bond acceptors (Lipinski definition) is 4. The minimum atomic E-state index is -0.627. The maximum absolute atomic E-state index is 12.3. The maximum atomic E-state index is 12.3. The van der Waals surface area contributed by atoms with Crippen molar-refractivity contribution >= 4 is 21.5 Å². The molecule has 0 saturated heterocycles. The summed E-state index contributed by atoms with van der Waals surface area (Å²) in [4.78, 5) is 49.0. The molecule has 0 radical (unpaired) electrons. The quantitative estimate of drug-likeness (QED) is 0.349. The Hall–Kier alpha value is -2.88. The highest BCUT2D eigenvalue weighted by Crippen LogP contribution is 2.34. The summed E-state index contributed by atoms with van der Waals surface area (Å²) in [6.07, 6.45) is 2.50. The van der Waals surface area contributed by atoms with Crippen LogP contribution in [0.2, 0.25) is 0 Å². The summed E-state index contributed by atoms with van der Waals surface area (Å²) in [6, 6.07) is 7.77. The molecule has 0 unspecified atom stereocenters. The molecule has 2 aromatic carbocycles. The van der Waals surface area contributed by atoms with Crippen LogP contribution in [0.3, 0.4) is 0 Å². The van der Waals surface area contributed by atoms with Gasteiger partial charge >= 0.3 is 0 Å². The lowest BCUT2D eigenvalue weighted by Crippen LogP contribution is -2.31. The standard InChI is InChI=1S/C17H8O4.2C3H8/c1-7-5-10-13-11(6-7)17(21)15(19)9-4-2-3-8(12(9)13)14(18)16(10)20;2*1-3-2/h2-6H,1H3;2*3H2,1-2H3. The van der Waals surface area contributed by atoms with E-state index in [0.29, 0.717) is 16.7 Å². The smallest absolute Gasteiger partial charge is 0.234 e. The first-order valence-electron chi connectivity index (χ1n) is 9.29. The molecule has 0 amide bonds. The molecule has 2 aliphatic rings. The molecule has 2 aliphatic carbocycles. The highest BCUT2D eigenvalue weighted by Gasteiger charge is 2.24. The third-order valence-electron chi connectivity index (χ3n) is 3.99. The predicted molar refractivity (Wildman–Crippen MR) is 113 cm³/mol. The topological polar surface area (TPSA) is 68.3 Å². The number of rotatable bonds is 0. The fourth-order valence-corrected chi connectivity index (χ4v) is 3.10. The molecule has 4 nitrogen and oxygen atoms in total. The molecule has 0 aromatic heterocycles. The van der Waals surface area contributed by atoms with Crippen LogP contribution < -0.4 is 21.7 Å². The molecule has 0 saturated carbocycles. The number of benzene rings is 4. The lowest BCUT2D eigenvalue weighted by molar-refractivity contribution is 1.09.